The first-order chi connectivity index (χ1) is 9.01. The molecule has 0 amide bonds. The fourth-order valence-electron chi connectivity index (χ4n) is 2.31. The molecule has 0 fully saturated rings. The molecule has 1 aromatic carbocycles. The molecule has 0 aliphatic rings. The van der Waals surface area contributed by atoms with Gasteiger partial charge in [0.05, 0.1) is 10.4 Å². The van der Waals surface area contributed by atoms with Crippen molar-refractivity contribution in [3.05, 3.63) is 50.7 Å². The summed E-state index contributed by atoms with van der Waals surface area (Å²) < 4.78 is 0.808. The maximum absolute atomic E-state index is 6.02. The lowest BCUT2D eigenvalue weighted by Crippen LogP contribution is -2.29. The van der Waals surface area contributed by atoms with E-state index in [9.17, 15) is 0 Å². The van der Waals surface area contributed by atoms with E-state index >= 15 is 0 Å². The lowest BCUT2D eigenvalue weighted by atomic mass is 10.1. The Hall–Kier alpha value is -1.03. The van der Waals surface area contributed by atoms with Gasteiger partial charge in [0.2, 0.25) is 0 Å². The first kappa shape index (κ1) is 14.4. The van der Waals surface area contributed by atoms with Crippen molar-refractivity contribution in [2.45, 2.75) is 19.9 Å². The van der Waals surface area contributed by atoms with Crippen LogP contribution in [0.15, 0.2) is 30.3 Å². The highest BCUT2D eigenvalue weighted by Crippen LogP contribution is 2.32. The number of thiophene rings is 1. The molecule has 1 aromatic heterocycles. The van der Waals surface area contributed by atoms with E-state index in [4.69, 9.17) is 17.3 Å². The van der Waals surface area contributed by atoms with Gasteiger partial charge in [-0.15, -0.1) is 11.3 Å². The zero-order valence-electron chi connectivity index (χ0n) is 11.5. The molecule has 0 saturated heterocycles. The molecule has 102 valence electrons. The van der Waals surface area contributed by atoms with Gasteiger partial charge in [-0.05, 0) is 49.2 Å². The predicted molar refractivity (Wildman–Crippen MR) is 85.4 cm³/mol. The Bertz CT molecular complexity index is 545. The molecule has 4 heteroatoms. The summed E-state index contributed by atoms with van der Waals surface area (Å²) in [7, 11) is 2.08. The van der Waals surface area contributed by atoms with Crippen LogP contribution in [-0.4, -0.2) is 13.6 Å². The Morgan fingerprint density at radius 2 is 1.84 bits per heavy atom. The lowest BCUT2D eigenvalue weighted by molar-refractivity contribution is 0.692. The maximum atomic E-state index is 6.02. The van der Waals surface area contributed by atoms with Crippen molar-refractivity contribution < 1.29 is 0 Å². The van der Waals surface area contributed by atoms with Crippen LogP contribution in [0.1, 0.15) is 22.0 Å². The fraction of sp³-hybridized carbons (Fsp3) is 0.333. The molecule has 19 heavy (non-hydrogen) atoms. The number of likely N-dealkylation sites (N-methyl/N-ethyl adjacent to an activating group) is 1. The van der Waals surface area contributed by atoms with Crippen LogP contribution in [0.3, 0.4) is 0 Å². The van der Waals surface area contributed by atoms with Crippen LogP contribution in [0.5, 0.6) is 0 Å². The van der Waals surface area contributed by atoms with Gasteiger partial charge in [-0.1, -0.05) is 17.7 Å². The molecule has 0 radical (unpaired) electrons. The van der Waals surface area contributed by atoms with Crippen molar-refractivity contribution in [1.29, 1.82) is 0 Å². The summed E-state index contributed by atoms with van der Waals surface area (Å²) in [5.74, 6) is 0. The van der Waals surface area contributed by atoms with Crippen LogP contribution in [-0.2, 0) is 0 Å². The molecule has 2 aromatic rings. The molecule has 2 N–H and O–H groups in total. The van der Waals surface area contributed by atoms with E-state index in [0.29, 0.717) is 6.54 Å². The molecule has 1 unspecified atom stereocenters. The minimum atomic E-state index is 0.165. The van der Waals surface area contributed by atoms with Crippen LogP contribution in [0, 0.1) is 13.8 Å². The highest BCUT2D eigenvalue weighted by atomic mass is 35.5. The topological polar surface area (TPSA) is 29.3 Å². The molecule has 0 saturated carbocycles. The third-order valence-electron chi connectivity index (χ3n) is 3.23. The van der Waals surface area contributed by atoms with Crippen molar-refractivity contribution in [2.24, 2.45) is 5.73 Å². The molecule has 0 aliphatic carbocycles. The molecular formula is C15H19ClN2S. The number of nitrogens with two attached hydrogens (primary N) is 1. The highest BCUT2D eigenvalue weighted by Gasteiger charge is 2.18. The first-order valence-electron chi connectivity index (χ1n) is 6.27. The summed E-state index contributed by atoms with van der Waals surface area (Å²) in [6.45, 7) is 4.80. The minimum absolute atomic E-state index is 0.165. The second kappa shape index (κ2) is 5.95. The van der Waals surface area contributed by atoms with E-state index in [-0.39, 0.29) is 6.04 Å². The van der Waals surface area contributed by atoms with E-state index in [0.717, 1.165) is 4.34 Å². The van der Waals surface area contributed by atoms with Crippen molar-refractivity contribution in [3.8, 4) is 0 Å². The summed E-state index contributed by atoms with van der Waals surface area (Å²) in [4.78, 5) is 3.43. The Kier molecular flexibility index (Phi) is 4.50. The largest absolute Gasteiger partial charge is 0.365 e. The van der Waals surface area contributed by atoms with Crippen molar-refractivity contribution in [1.82, 2.24) is 0 Å². The molecule has 1 heterocycles. The van der Waals surface area contributed by atoms with Crippen LogP contribution in [0.25, 0.3) is 0 Å². The fourth-order valence-corrected chi connectivity index (χ4v) is 3.52. The van der Waals surface area contributed by atoms with Crippen LogP contribution in [0.4, 0.5) is 5.69 Å². The average molecular weight is 295 g/mol. The summed E-state index contributed by atoms with van der Waals surface area (Å²) in [6, 6.07) is 10.7. The second-order valence-electron chi connectivity index (χ2n) is 4.85. The number of benzene rings is 1. The van der Waals surface area contributed by atoms with Gasteiger partial charge in [0.15, 0.2) is 0 Å². The Morgan fingerprint density at radius 1 is 1.21 bits per heavy atom. The zero-order chi connectivity index (χ0) is 14.0. The van der Waals surface area contributed by atoms with E-state index < -0.39 is 0 Å². The van der Waals surface area contributed by atoms with E-state index in [1.807, 2.05) is 6.07 Å². The van der Waals surface area contributed by atoms with Crippen LogP contribution in [0.2, 0.25) is 4.34 Å². The number of anilines is 1. The van der Waals surface area contributed by atoms with Crippen LogP contribution < -0.4 is 10.6 Å². The lowest BCUT2D eigenvalue weighted by Gasteiger charge is -2.29. The van der Waals surface area contributed by atoms with Gasteiger partial charge in [0.25, 0.3) is 0 Å². The molecular weight excluding hydrogens is 276 g/mol. The van der Waals surface area contributed by atoms with Crippen molar-refractivity contribution >= 4 is 28.6 Å². The SMILES string of the molecule is Cc1cc(C)cc(N(C)C(CN)c2ccc(Cl)s2)c1. The van der Waals surface area contributed by atoms with Gasteiger partial charge < -0.3 is 10.6 Å². The van der Waals surface area contributed by atoms with Gasteiger partial charge >= 0.3 is 0 Å². The summed E-state index contributed by atoms with van der Waals surface area (Å²) >= 11 is 7.62. The monoisotopic (exact) mass is 294 g/mol. The van der Waals surface area contributed by atoms with Gasteiger partial charge in [0, 0.05) is 24.2 Å². The highest BCUT2D eigenvalue weighted by molar-refractivity contribution is 7.16. The van der Waals surface area contributed by atoms with Gasteiger partial charge in [-0.3, -0.25) is 0 Å². The van der Waals surface area contributed by atoms with E-state index in [2.05, 4.69) is 50.1 Å². The van der Waals surface area contributed by atoms with Crippen molar-refractivity contribution in [3.63, 3.8) is 0 Å². The minimum Gasteiger partial charge on any atom is -0.365 e. The van der Waals surface area contributed by atoms with E-state index in [1.165, 1.54) is 21.7 Å². The normalized spacial score (nSPS) is 12.5. The Labute approximate surface area is 123 Å². The number of rotatable bonds is 4. The molecule has 0 aliphatic heterocycles. The number of nitrogens with zero attached hydrogens (tertiary/aromatic N) is 1. The number of halogens is 1. The molecule has 2 rings (SSSR count). The predicted octanol–water partition coefficient (Wildman–Crippen LogP) is 4.15. The number of hydrogen-bond donors (Lipinski definition) is 1. The first-order valence-corrected chi connectivity index (χ1v) is 7.47. The second-order valence-corrected chi connectivity index (χ2v) is 6.60. The van der Waals surface area contributed by atoms with Gasteiger partial charge in [-0.2, -0.15) is 0 Å². The number of aryl methyl sites for hydroxylation is 2. The summed E-state index contributed by atoms with van der Waals surface area (Å²) in [5, 5.41) is 0. The van der Waals surface area contributed by atoms with Crippen LogP contribution >= 0.6 is 22.9 Å². The Morgan fingerprint density at radius 3 is 2.32 bits per heavy atom. The Balaban J connectivity index is 2.32. The molecule has 0 spiro atoms. The maximum Gasteiger partial charge on any atom is 0.0932 e. The third kappa shape index (κ3) is 3.30. The standard InChI is InChI=1S/C15H19ClN2S/c1-10-6-11(2)8-12(7-10)18(3)13(9-17)14-4-5-15(16)19-14/h4-8,13H,9,17H2,1-3H3. The smallest absolute Gasteiger partial charge is 0.0932 e. The summed E-state index contributed by atoms with van der Waals surface area (Å²) in [5.41, 5.74) is 9.67. The van der Waals surface area contributed by atoms with Gasteiger partial charge in [-0.25, -0.2) is 0 Å². The van der Waals surface area contributed by atoms with Crippen molar-refractivity contribution in [2.75, 3.05) is 18.5 Å². The van der Waals surface area contributed by atoms with Gasteiger partial charge in [0.1, 0.15) is 0 Å². The molecule has 2 nitrogen and oxygen atoms in total. The quantitative estimate of drug-likeness (QED) is 0.917. The molecule has 1 atom stereocenters. The zero-order valence-corrected chi connectivity index (χ0v) is 13.1. The third-order valence-corrected chi connectivity index (χ3v) is 4.56. The average Bonchev–Trinajstić information content (AvgIpc) is 2.75. The number of hydrogen-bond acceptors (Lipinski definition) is 3. The van der Waals surface area contributed by atoms with E-state index in [1.54, 1.807) is 11.3 Å². The summed E-state index contributed by atoms with van der Waals surface area (Å²) in [6.07, 6.45) is 0. The molecule has 0 bridgehead atoms.